The molecule has 1 saturated carbocycles. The number of hydrazine groups is 1. The van der Waals surface area contributed by atoms with Gasteiger partial charge in [0.05, 0.1) is 18.1 Å². The Balaban J connectivity index is 2.31. The van der Waals surface area contributed by atoms with Gasteiger partial charge in [-0.1, -0.05) is 12.8 Å². The van der Waals surface area contributed by atoms with E-state index in [4.69, 9.17) is 16.9 Å². The summed E-state index contributed by atoms with van der Waals surface area (Å²) >= 11 is 0. The van der Waals surface area contributed by atoms with E-state index in [0.717, 1.165) is 30.4 Å². The number of aldehydes is 1. The lowest BCUT2D eigenvalue weighted by Crippen LogP contribution is -2.57. The first-order chi connectivity index (χ1) is 11.5. The molecule has 1 amide bonds. The van der Waals surface area contributed by atoms with E-state index >= 15 is 0 Å². The fourth-order valence-corrected chi connectivity index (χ4v) is 2.99. The molecular formula is C15H24N7O2+. The molecule has 1 atom stereocenters. The molecule has 0 saturated heterocycles. The highest BCUT2D eigenvalue weighted by Gasteiger charge is 2.40. The molecule has 1 heterocycles. The average Bonchev–Trinajstić information content (AvgIpc) is 3.24. The summed E-state index contributed by atoms with van der Waals surface area (Å²) in [5.74, 6) is -0.756. The van der Waals surface area contributed by atoms with Crippen molar-refractivity contribution < 1.29 is 14.3 Å². The Bertz CT molecular complexity index is 632. The van der Waals surface area contributed by atoms with Crippen LogP contribution in [0.2, 0.25) is 0 Å². The molecule has 0 unspecified atom stereocenters. The largest absolute Gasteiger partial charge is 0.432 e. The number of aromatic amines is 1. The molecule has 1 fully saturated rings. The van der Waals surface area contributed by atoms with Gasteiger partial charge in [-0.3, -0.25) is 10.2 Å². The fourth-order valence-electron chi connectivity index (χ4n) is 2.99. The lowest BCUT2D eigenvalue weighted by molar-refractivity contribution is -0.601. The number of hydrogen-bond acceptors (Lipinski definition) is 5. The van der Waals surface area contributed by atoms with E-state index in [0.29, 0.717) is 12.0 Å². The van der Waals surface area contributed by atoms with Gasteiger partial charge in [0.15, 0.2) is 0 Å². The number of carbonyl (C=O) groups is 2. The lowest BCUT2D eigenvalue weighted by atomic mass is 10.1. The fraction of sp³-hybridized carbons (Fsp3) is 0.533. The standard InChI is InChI=1S/C15H23N7O2/c1-10(8-23)21(22(15(17)18)12-4-2-3-5-12)14(24)13(16)6-11-7-19-9-20-11/h7-9,12-13H,2-6,16H2,1H3,(H3-,17,18,23)/p+1/t13-/m0/s1. The zero-order valence-electron chi connectivity index (χ0n) is 13.7. The van der Waals surface area contributed by atoms with Crippen molar-refractivity contribution in [3.63, 3.8) is 0 Å². The molecule has 9 heteroatoms. The highest BCUT2D eigenvalue weighted by atomic mass is 16.2. The smallest absolute Gasteiger partial charge is 0.366 e. The van der Waals surface area contributed by atoms with E-state index in [-0.39, 0.29) is 24.1 Å². The quantitative estimate of drug-likeness (QED) is 0.188. The van der Waals surface area contributed by atoms with E-state index in [2.05, 4.69) is 9.97 Å². The Hall–Kier alpha value is -2.55. The normalized spacial score (nSPS) is 17.2. The van der Waals surface area contributed by atoms with Gasteiger partial charge in [0, 0.05) is 19.5 Å². The summed E-state index contributed by atoms with van der Waals surface area (Å²) in [7, 11) is 0. The third kappa shape index (κ3) is 3.85. The molecule has 130 valence electrons. The van der Waals surface area contributed by atoms with E-state index in [1.807, 2.05) is 0 Å². The van der Waals surface area contributed by atoms with Crippen LogP contribution in [0, 0.1) is 5.41 Å². The maximum Gasteiger partial charge on any atom is 0.432 e. The molecule has 2 rings (SSSR count). The van der Waals surface area contributed by atoms with Crippen molar-refractivity contribution in [3.05, 3.63) is 18.2 Å². The molecule has 0 aliphatic heterocycles. The van der Waals surface area contributed by atoms with Gasteiger partial charge in [0.1, 0.15) is 6.04 Å². The van der Waals surface area contributed by atoms with E-state index in [1.54, 1.807) is 6.20 Å². The Morgan fingerprint density at radius 2 is 2.25 bits per heavy atom. The number of rotatable bonds is 5. The summed E-state index contributed by atoms with van der Waals surface area (Å²) in [4.78, 5) is 31.0. The summed E-state index contributed by atoms with van der Waals surface area (Å²) in [6.45, 7) is 1.51. The topological polar surface area (TPSA) is 145 Å². The van der Waals surface area contributed by atoms with Crippen LogP contribution >= 0.6 is 0 Å². The predicted octanol–water partition coefficient (Wildman–Crippen LogP) is -0.469. The van der Waals surface area contributed by atoms with E-state index in [1.165, 1.54) is 18.3 Å². The summed E-state index contributed by atoms with van der Waals surface area (Å²) in [5, 5.41) is 9.26. The number of hydrazone groups is 1. The third-order valence-corrected chi connectivity index (χ3v) is 4.15. The third-order valence-electron chi connectivity index (χ3n) is 4.15. The van der Waals surface area contributed by atoms with Gasteiger partial charge < -0.3 is 16.5 Å². The predicted molar refractivity (Wildman–Crippen MR) is 88.3 cm³/mol. The SMILES string of the molecule is CC(C=O)=[N+](C(=O)[C@@H](N)Cc1c[nH]cn1)N(C(=N)N)C1CCCC1. The van der Waals surface area contributed by atoms with Crippen LogP contribution in [0.1, 0.15) is 38.3 Å². The van der Waals surface area contributed by atoms with Gasteiger partial charge >= 0.3 is 5.91 Å². The second-order valence-corrected chi connectivity index (χ2v) is 5.95. The lowest BCUT2D eigenvalue weighted by Gasteiger charge is -2.24. The summed E-state index contributed by atoms with van der Waals surface area (Å²) in [6.07, 6.45) is 7.58. The van der Waals surface area contributed by atoms with Gasteiger partial charge in [0.2, 0.25) is 12.2 Å². The van der Waals surface area contributed by atoms with Gasteiger partial charge in [-0.15, -0.1) is 5.01 Å². The van der Waals surface area contributed by atoms with Crippen LogP contribution in [0.3, 0.4) is 0 Å². The summed E-state index contributed by atoms with van der Waals surface area (Å²) < 4.78 is 1.16. The highest BCUT2D eigenvalue weighted by molar-refractivity contribution is 6.25. The number of nitrogens with zero attached hydrogens (tertiary/aromatic N) is 3. The Morgan fingerprint density at radius 1 is 1.58 bits per heavy atom. The minimum absolute atomic E-state index is 0.0843. The molecule has 0 aromatic carbocycles. The number of amides is 1. The van der Waals surface area contributed by atoms with E-state index < -0.39 is 11.9 Å². The Kier molecular flexibility index (Phi) is 5.80. The van der Waals surface area contributed by atoms with Crippen LogP contribution in [0.5, 0.6) is 0 Å². The van der Waals surface area contributed by atoms with Crippen LogP contribution in [0.4, 0.5) is 0 Å². The monoisotopic (exact) mass is 334 g/mol. The van der Waals surface area contributed by atoms with Crippen LogP contribution in [-0.2, 0) is 16.0 Å². The van der Waals surface area contributed by atoms with Crippen molar-refractivity contribution in [2.45, 2.75) is 51.1 Å². The first kappa shape index (κ1) is 17.8. The average molecular weight is 334 g/mol. The second kappa shape index (κ2) is 7.82. The van der Waals surface area contributed by atoms with Gasteiger partial charge in [-0.25, -0.2) is 9.78 Å². The first-order valence-electron chi connectivity index (χ1n) is 7.94. The number of guanidine groups is 1. The number of H-pyrrole nitrogens is 1. The molecule has 9 nitrogen and oxygen atoms in total. The number of nitrogens with one attached hydrogen (secondary N) is 2. The zero-order valence-corrected chi connectivity index (χ0v) is 13.7. The molecule has 6 N–H and O–H groups in total. The first-order valence-corrected chi connectivity index (χ1v) is 7.94. The van der Waals surface area contributed by atoms with E-state index in [9.17, 15) is 9.59 Å². The minimum atomic E-state index is -0.897. The Labute approximate surface area is 140 Å². The highest BCUT2D eigenvalue weighted by Crippen LogP contribution is 2.23. The van der Waals surface area contributed by atoms with Gasteiger partial charge in [0.25, 0.3) is 5.71 Å². The van der Waals surface area contributed by atoms with Crippen molar-refractivity contribution in [2.75, 3.05) is 0 Å². The van der Waals surface area contributed by atoms with Crippen LogP contribution in [-0.4, -0.2) is 55.6 Å². The minimum Gasteiger partial charge on any atom is -0.366 e. The zero-order chi connectivity index (χ0) is 17.7. The molecule has 0 radical (unpaired) electrons. The number of carbonyl (C=O) groups excluding carboxylic acids is 2. The number of aromatic nitrogens is 2. The molecule has 0 bridgehead atoms. The van der Waals surface area contributed by atoms with Crippen molar-refractivity contribution in [1.29, 1.82) is 5.41 Å². The maximum absolute atomic E-state index is 12.9. The number of hydrogen-bond donors (Lipinski definition) is 4. The number of imidazole rings is 1. The molecular weight excluding hydrogens is 310 g/mol. The molecule has 0 spiro atoms. The molecule has 1 aliphatic rings. The van der Waals surface area contributed by atoms with Crippen LogP contribution in [0.25, 0.3) is 0 Å². The van der Waals surface area contributed by atoms with Crippen molar-refractivity contribution in [2.24, 2.45) is 11.5 Å². The Morgan fingerprint density at radius 3 is 2.75 bits per heavy atom. The van der Waals surface area contributed by atoms with Gasteiger partial charge in [-0.05, 0) is 17.5 Å². The van der Waals surface area contributed by atoms with Gasteiger partial charge in [-0.2, -0.15) is 0 Å². The van der Waals surface area contributed by atoms with Crippen molar-refractivity contribution in [3.8, 4) is 0 Å². The van der Waals surface area contributed by atoms with Crippen LogP contribution < -0.4 is 11.5 Å². The summed E-state index contributed by atoms with van der Waals surface area (Å²) in [6, 6.07) is -0.981. The van der Waals surface area contributed by atoms with Crippen LogP contribution in [0.15, 0.2) is 12.5 Å². The molecule has 1 aliphatic carbocycles. The molecule has 1 aromatic rings. The van der Waals surface area contributed by atoms with Crippen molar-refractivity contribution >= 4 is 23.9 Å². The second-order valence-electron chi connectivity index (χ2n) is 5.95. The molecule has 1 aromatic heterocycles. The number of nitrogens with two attached hydrogens (primary N) is 2. The maximum atomic E-state index is 12.9. The summed E-state index contributed by atoms with van der Waals surface area (Å²) in [5.41, 5.74) is 12.5. The molecule has 24 heavy (non-hydrogen) atoms. The van der Waals surface area contributed by atoms with Crippen molar-refractivity contribution in [1.82, 2.24) is 15.0 Å².